The summed E-state index contributed by atoms with van der Waals surface area (Å²) in [5.74, 6) is -0.335. The fraction of sp³-hybridized carbons (Fsp3) is 0.865. The maximum Gasteiger partial charge on any atom is 0.306 e. The number of phosphoric ester groups is 1. The second kappa shape index (κ2) is 45.3. The number of allylic oxidation sites excluding steroid dienone is 6. The van der Waals surface area contributed by atoms with Gasteiger partial charge in [-0.05, 0) is 70.6 Å². The molecule has 0 aromatic carbocycles. The van der Waals surface area contributed by atoms with E-state index in [1.807, 2.05) is 21.1 Å². The molecule has 2 unspecified atom stereocenters. The number of hydrogen-bond donors (Lipinski definition) is 0. The highest BCUT2D eigenvalue weighted by molar-refractivity contribution is 7.45. The molecule has 0 aromatic rings. The van der Waals surface area contributed by atoms with Crippen molar-refractivity contribution in [1.82, 2.24) is 0 Å². The summed E-state index contributed by atoms with van der Waals surface area (Å²) in [7, 11) is 1.36. The first-order chi connectivity index (χ1) is 29.6. The van der Waals surface area contributed by atoms with E-state index in [2.05, 4.69) is 50.3 Å². The van der Waals surface area contributed by atoms with Crippen LogP contribution in [0.1, 0.15) is 232 Å². The largest absolute Gasteiger partial charge is 0.756 e. The SMILES string of the molecule is CCCCC/C=C\C/C=C\CCCCCCCCCCCCOCC(COP(=O)([O-])OCC[N+](C)(C)C)OC(=O)CCCCCCCCCCC/C=C\CCCCCCCC. The fourth-order valence-corrected chi connectivity index (χ4v) is 7.89. The molecule has 0 rings (SSSR count). The predicted molar refractivity (Wildman–Crippen MR) is 259 cm³/mol. The van der Waals surface area contributed by atoms with Crippen LogP contribution in [0.4, 0.5) is 0 Å². The van der Waals surface area contributed by atoms with Crippen LogP contribution in [0.25, 0.3) is 0 Å². The fourth-order valence-electron chi connectivity index (χ4n) is 7.16. The van der Waals surface area contributed by atoms with Gasteiger partial charge in [0.15, 0.2) is 0 Å². The highest BCUT2D eigenvalue weighted by Gasteiger charge is 2.20. The van der Waals surface area contributed by atoms with E-state index in [9.17, 15) is 14.3 Å². The summed E-state index contributed by atoms with van der Waals surface area (Å²) in [5, 5.41) is 0. The summed E-state index contributed by atoms with van der Waals surface area (Å²) in [6.07, 6.45) is 54.5. The van der Waals surface area contributed by atoms with Crippen LogP contribution in [-0.2, 0) is 27.9 Å². The minimum Gasteiger partial charge on any atom is -0.756 e. The minimum absolute atomic E-state index is 0.0256. The average molecular weight is 882 g/mol. The van der Waals surface area contributed by atoms with Gasteiger partial charge in [-0.1, -0.05) is 192 Å². The number of esters is 1. The van der Waals surface area contributed by atoms with Gasteiger partial charge in [0.2, 0.25) is 0 Å². The van der Waals surface area contributed by atoms with Crippen LogP contribution >= 0.6 is 7.82 Å². The van der Waals surface area contributed by atoms with Gasteiger partial charge in [-0.2, -0.15) is 0 Å². The number of quaternary nitrogens is 1. The van der Waals surface area contributed by atoms with Gasteiger partial charge in [0.05, 0.1) is 34.4 Å². The van der Waals surface area contributed by atoms with Gasteiger partial charge in [-0.25, -0.2) is 0 Å². The summed E-state index contributed by atoms with van der Waals surface area (Å²) < 4.78 is 34.8. The summed E-state index contributed by atoms with van der Waals surface area (Å²) >= 11 is 0. The third-order valence-corrected chi connectivity index (χ3v) is 12.1. The zero-order chi connectivity index (χ0) is 44.8. The van der Waals surface area contributed by atoms with Crippen molar-refractivity contribution in [2.75, 3.05) is 54.1 Å². The van der Waals surface area contributed by atoms with Crippen molar-refractivity contribution in [1.29, 1.82) is 0 Å². The molecule has 61 heavy (non-hydrogen) atoms. The number of hydrogen-bond acceptors (Lipinski definition) is 7. The van der Waals surface area contributed by atoms with Crippen LogP contribution in [0.5, 0.6) is 0 Å². The van der Waals surface area contributed by atoms with Gasteiger partial charge in [0.1, 0.15) is 19.3 Å². The lowest BCUT2D eigenvalue weighted by Gasteiger charge is -2.28. The van der Waals surface area contributed by atoms with Crippen LogP contribution in [0.15, 0.2) is 36.5 Å². The van der Waals surface area contributed by atoms with Gasteiger partial charge in [-0.15, -0.1) is 0 Å². The molecule has 8 nitrogen and oxygen atoms in total. The van der Waals surface area contributed by atoms with E-state index < -0.39 is 13.9 Å². The monoisotopic (exact) mass is 882 g/mol. The Bertz CT molecular complexity index is 1070. The molecule has 360 valence electrons. The summed E-state index contributed by atoms with van der Waals surface area (Å²) in [4.78, 5) is 25.2. The van der Waals surface area contributed by atoms with Crippen molar-refractivity contribution in [3.63, 3.8) is 0 Å². The van der Waals surface area contributed by atoms with Crippen LogP contribution in [-0.4, -0.2) is 70.7 Å². The molecule has 0 radical (unpaired) electrons. The minimum atomic E-state index is -4.53. The third-order valence-electron chi connectivity index (χ3n) is 11.2. The molecule has 0 aliphatic carbocycles. The Hall–Kier alpha value is -1.28. The van der Waals surface area contributed by atoms with Gasteiger partial charge in [0.25, 0.3) is 7.82 Å². The zero-order valence-electron chi connectivity index (χ0n) is 40.9. The molecule has 0 saturated heterocycles. The molecule has 0 spiro atoms. The first-order valence-corrected chi connectivity index (χ1v) is 27.2. The Morgan fingerprint density at radius 1 is 0.508 bits per heavy atom. The van der Waals surface area contributed by atoms with Crippen molar-refractivity contribution in [3.05, 3.63) is 36.5 Å². The zero-order valence-corrected chi connectivity index (χ0v) is 41.8. The maximum absolute atomic E-state index is 12.7. The molecule has 2 atom stereocenters. The first kappa shape index (κ1) is 59.7. The smallest absolute Gasteiger partial charge is 0.306 e. The summed E-state index contributed by atoms with van der Waals surface area (Å²) in [6, 6.07) is 0. The lowest BCUT2D eigenvalue weighted by atomic mass is 10.1. The highest BCUT2D eigenvalue weighted by atomic mass is 31.2. The Morgan fingerprint density at radius 3 is 1.38 bits per heavy atom. The number of ether oxygens (including phenoxy) is 2. The van der Waals surface area contributed by atoms with Gasteiger partial charge >= 0.3 is 5.97 Å². The molecule has 9 heteroatoms. The lowest BCUT2D eigenvalue weighted by molar-refractivity contribution is -0.870. The van der Waals surface area contributed by atoms with E-state index >= 15 is 0 Å². The van der Waals surface area contributed by atoms with E-state index in [1.54, 1.807) is 0 Å². The van der Waals surface area contributed by atoms with E-state index in [0.29, 0.717) is 24.1 Å². The van der Waals surface area contributed by atoms with Crippen LogP contribution in [0, 0.1) is 0 Å². The van der Waals surface area contributed by atoms with E-state index in [-0.39, 0.29) is 25.8 Å². The van der Waals surface area contributed by atoms with Crippen molar-refractivity contribution in [2.45, 2.75) is 238 Å². The topological polar surface area (TPSA) is 94.1 Å². The van der Waals surface area contributed by atoms with Crippen molar-refractivity contribution < 1.29 is 37.3 Å². The molecule has 0 N–H and O–H groups in total. The van der Waals surface area contributed by atoms with E-state index in [4.69, 9.17) is 18.5 Å². The molecule has 0 aliphatic rings. The molecule has 0 fully saturated rings. The van der Waals surface area contributed by atoms with Gasteiger partial charge < -0.3 is 27.9 Å². The number of carbonyl (C=O) groups is 1. The predicted octanol–water partition coefficient (Wildman–Crippen LogP) is 15.1. The summed E-state index contributed by atoms with van der Waals surface area (Å²) in [6.45, 7) is 5.41. The molecule has 0 heterocycles. The normalized spacial score (nSPS) is 13.9. The Labute approximate surface area is 378 Å². The van der Waals surface area contributed by atoms with Crippen LogP contribution < -0.4 is 4.89 Å². The second-order valence-electron chi connectivity index (χ2n) is 18.5. The molecule has 0 amide bonds. The Balaban J connectivity index is 4.14. The molecule has 0 aromatic heterocycles. The number of likely N-dealkylation sites (N-methyl/N-ethyl adjacent to an activating group) is 1. The van der Waals surface area contributed by atoms with Gasteiger partial charge in [-0.3, -0.25) is 9.36 Å². The first-order valence-electron chi connectivity index (χ1n) is 25.7. The number of carbonyl (C=O) groups excluding carboxylic acids is 1. The third kappa shape index (κ3) is 49.6. The molecule has 0 aliphatic heterocycles. The van der Waals surface area contributed by atoms with Gasteiger partial charge in [0, 0.05) is 13.0 Å². The number of rotatable bonds is 48. The van der Waals surface area contributed by atoms with Crippen LogP contribution in [0.3, 0.4) is 0 Å². The average Bonchev–Trinajstić information content (AvgIpc) is 3.22. The maximum atomic E-state index is 12.7. The lowest BCUT2D eigenvalue weighted by Crippen LogP contribution is -2.37. The second-order valence-corrected chi connectivity index (χ2v) is 19.9. The Morgan fingerprint density at radius 2 is 0.902 bits per heavy atom. The van der Waals surface area contributed by atoms with Crippen molar-refractivity contribution in [2.24, 2.45) is 0 Å². The highest BCUT2D eigenvalue weighted by Crippen LogP contribution is 2.38. The molecule has 0 bridgehead atoms. The van der Waals surface area contributed by atoms with Crippen LogP contribution in [0.2, 0.25) is 0 Å². The molecule has 0 saturated carbocycles. The van der Waals surface area contributed by atoms with E-state index in [1.165, 1.54) is 173 Å². The van der Waals surface area contributed by atoms with E-state index in [0.717, 1.165) is 38.5 Å². The Kier molecular flexibility index (Phi) is 44.3. The van der Waals surface area contributed by atoms with Crippen molar-refractivity contribution >= 4 is 13.8 Å². The number of phosphoric acid groups is 1. The number of unbranched alkanes of at least 4 members (excludes halogenated alkanes) is 28. The number of nitrogens with zero attached hydrogens (tertiary/aromatic N) is 1. The quantitative estimate of drug-likeness (QED) is 0.0197. The molecular weight excluding hydrogens is 782 g/mol. The standard InChI is InChI=1S/C52H100NO7P/c1-6-8-10-12-14-16-18-20-22-24-26-28-30-32-34-36-38-40-42-44-47-57-49-51(50-59-61(55,56)58-48-46-53(3,4)5)60-52(54)45-43-41-39-37-35-33-31-29-27-25-23-21-19-17-15-13-11-9-7-2/h14,16,20-23,51H,6-13,15,17-19,24-50H2,1-5H3/b16-14-,22-20-,23-21-. The van der Waals surface area contributed by atoms with Crippen molar-refractivity contribution in [3.8, 4) is 0 Å². The summed E-state index contributed by atoms with van der Waals surface area (Å²) in [5.41, 5.74) is 0. The molecular formula is C52H100NO7P.